The zero-order valence-electron chi connectivity index (χ0n) is 15.8. The highest BCUT2D eigenvalue weighted by Crippen LogP contribution is 2.30. The van der Waals surface area contributed by atoms with Crippen LogP contribution in [0.25, 0.3) is 0 Å². The predicted octanol–water partition coefficient (Wildman–Crippen LogP) is 2.71. The molecule has 2 fully saturated rings. The number of amides is 1. The minimum atomic E-state index is 0.318. The third-order valence-electron chi connectivity index (χ3n) is 5.46. The van der Waals surface area contributed by atoms with Crippen molar-refractivity contribution in [1.29, 1.82) is 0 Å². The Hall–Kier alpha value is -1.04. The standard InChI is InChI=1S/C20H31N3OS/c1-16-4-6-18(7-5-16)25-19-9-12-23(13-10-19)20(24)15-22-11-8-17(14-22)21(2)3/h4-7,17,19H,8-15H2,1-3H3. The topological polar surface area (TPSA) is 26.8 Å². The van der Waals surface area contributed by atoms with E-state index >= 15 is 0 Å². The van der Waals surface area contributed by atoms with E-state index in [1.807, 2.05) is 11.8 Å². The molecular weight excluding hydrogens is 330 g/mol. The normalized spacial score (nSPS) is 22.7. The summed E-state index contributed by atoms with van der Waals surface area (Å²) >= 11 is 1.97. The lowest BCUT2D eigenvalue weighted by atomic mass is 10.1. The van der Waals surface area contributed by atoms with Crippen LogP contribution in [0.15, 0.2) is 29.2 Å². The predicted molar refractivity (Wildman–Crippen MR) is 105 cm³/mol. The van der Waals surface area contributed by atoms with Gasteiger partial charge in [0.25, 0.3) is 0 Å². The molecule has 3 rings (SSSR count). The summed E-state index contributed by atoms with van der Waals surface area (Å²) in [6.07, 6.45) is 3.38. The van der Waals surface area contributed by atoms with E-state index in [2.05, 4.69) is 60.0 Å². The SMILES string of the molecule is Cc1ccc(SC2CCN(C(=O)CN3CCC(N(C)C)C3)CC2)cc1. The van der Waals surface area contributed by atoms with Crippen LogP contribution in [0.2, 0.25) is 0 Å². The molecule has 2 heterocycles. The Kier molecular flexibility index (Phi) is 6.42. The van der Waals surface area contributed by atoms with E-state index in [-0.39, 0.29) is 0 Å². The third-order valence-corrected chi connectivity index (χ3v) is 6.80. The minimum Gasteiger partial charge on any atom is -0.342 e. The van der Waals surface area contributed by atoms with Crippen molar-refractivity contribution in [3.05, 3.63) is 29.8 Å². The number of hydrogen-bond donors (Lipinski definition) is 0. The molecule has 1 aromatic carbocycles. The second-order valence-corrected chi connectivity index (χ2v) is 9.03. The van der Waals surface area contributed by atoms with Crippen LogP contribution in [0.3, 0.4) is 0 Å². The molecule has 0 aliphatic carbocycles. The number of hydrogen-bond acceptors (Lipinski definition) is 4. The number of rotatable bonds is 5. The minimum absolute atomic E-state index is 0.318. The van der Waals surface area contributed by atoms with E-state index in [1.165, 1.54) is 16.9 Å². The van der Waals surface area contributed by atoms with Gasteiger partial charge in [0.1, 0.15) is 0 Å². The van der Waals surface area contributed by atoms with Crippen LogP contribution in [0.4, 0.5) is 0 Å². The van der Waals surface area contributed by atoms with Crippen molar-refractivity contribution in [2.24, 2.45) is 0 Å². The fourth-order valence-electron chi connectivity index (χ4n) is 3.70. The fraction of sp³-hybridized carbons (Fsp3) is 0.650. The number of thioether (sulfide) groups is 1. The lowest BCUT2D eigenvalue weighted by Crippen LogP contribution is -2.44. The van der Waals surface area contributed by atoms with E-state index in [1.54, 1.807) is 0 Å². The lowest BCUT2D eigenvalue weighted by Gasteiger charge is -2.33. The van der Waals surface area contributed by atoms with Crippen molar-refractivity contribution < 1.29 is 4.79 Å². The molecule has 1 unspecified atom stereocenters. The summed E-state index contributed by atoms with van der Waals surface area (Å²) in [4.78, 5) is 20.6. The number of carbonyl (C=O) groups is 1. The highest BCUT2D eigenvalue weighted by Gasteiger charge is 2.28. The molecule has 0 bridgehead atoms. The van der Waals surface area contributed by atoms with Crippen LogP contribution in [-0.2, 0) is 4.79 Å². The maximum absolute atomic E-state index is 12.6. The van der Waals surface area contributed by atoms with E-state index in [9.17, 15) is 4.79 Å². The molecular formula is C20H31N3OS. The van der Waals surface area contributed by atoms with Gasteiger partial charge in [-0.25, -0.2) is 0 Å². The fourth-order valence-corrected chi connectivity index (χ4v) is 4.83. The molecule has 2 saturated heterocycles. The molecule has 0 spiro atoms. The summed E-state index contributed by atoms with van der Waals surface area (Å²) in [5, 5.41) is 0.636. The Balaban J connectivity index is 1.41. The number of benzene rings is 1. The third kappa shape index (κ3) is 5.22. The summed E-state index contributed by atoms with van der Waals surface area (Å²) in [5.41, 5.74) is 1.31. The zero-order chi connectivity index (χ0) is 17.8. The largest absolute Gasteiger partial charge is 0.342 e. The molecule has 4 nitrogen and oxygen atoms in total. The second kappa shape index (κ2) is 8.56. The number of piperidine rings is 1. The molecule has 1 atom stereocenters. The molecule has 138 valence electrons. The number of carbonyl (C=O) groups excluding carboxylic acids is 1. The van der Waals surface area contributed by atoms with Crippen LogP contribution in [-0.4, -0.2) is 78.7 Å². The van der Waals surface area contributed by atoms with Crippen LogP contribution >= 0.6 is 11.8 Å². The first-order valence-corrected chi connectivity index (χ1v) is 10.3. The summed E-state index contributed by atoms with van der Waals surface area (Å²) in [6.45, 7) is 6.62. The first-order valence-electron chi connectivity index (χ1n) is 9.41. The summed E-state index contributed by atoms with van der Waals surface area (Å²) < 4.78 is 0. The van der Waals surface area contributed by atoms with Gasteiger partial charge in [-0.3, -0.25) is 9.69 Å². The average Bonchev–Trinajstić information content (AvgIpc) is 3.06. The van der Waals surface area contributed by atoms with Gasteiger partial charge in [-0.2, -0.15) is 0 Å². The number of aryl methyl sites for hydroxylation is 1. The van der Waals surface area contributed by atoms with Crippen molar-refractivity contribution in [2.75, 3.05) is 46.8 Å². The van der Waals surface area contributed by atoms with Gasteiger partial charge in [0.2, 0.25) is 5.91 Å². The van der Waals surface area contributed by atoms with E-state index in [4.69, 9.17) is 0 Å². The molecule has 2 aliphatic rings. The van der Waals surface area contributed by atoms with Gasteiger partial charge in [0.15, 0.2) is 0 Å². The molecule has 0 radical (unpaired) electrons. The summed E-state index contributed by atoms with van der Waals surface area (Å²) in [7, 11) is 4.26. The highest BCUT2D eigenvalue weighted by molar-refractivity contribution is 8.00. The highest BCUT2D eigenvalue weighted by atomic mass is 32.2. The molecule has 1 amide bonds. The molecule has 2 aliphatic heterocycles. The maximum Gasteiger partial charge on any atom is 0.236 e. The summed E-state index contributed by atoms with van der Waals surface area (Å²) in [5.74, 6) is 0.318. The first kappa shape index (κ1) is 18.7. The first-order chi connectivity index (χ1) is 12.0. The maximum atomic E-state index is 12.6. The lowest BCUT2D eigenvalue weighted by molar-refractivity contribution is -0.133. The molecule has 0 aromatic heterocycles. The zero-order valence-corrected chi connectivity index (χ0v) is 16.6. The summed E-state index contributed by atoms with van der Waals surface area (Å²) in [6, 6.07) is 9.39. The van der Waals surface area contributed by atoms with E-state index in [0.29, 0.717) is 23.7 Å². The monoisotopic (exact) mass is 361 g/mol. The molecule has 5 heteroatoms. The van der Waals surface area contributed by atoms with E-state index < -0.39 is 0 Å². The van der Waals surface area contributed by atoms with Crippen molar-refractivity contribution in [2.45, 2.75) is 42.4 Å². The Morgan fingerprint density at radius 1 is 1.12 bits per heavy atom. The Morgan fingerprint density at radius 3 is 2.40 bits per heavy atom. The van der Waals surface area contributed by atoms with Crippen LogP contribution in [0, 0.1) is 6.92 Å². The van der Waals surface area contributed by atoms with Gasteiger partial charge < -0.3 is 9.80 Å². The molecule has 0 N–H and O–H groups in total. The van der Waals surface area contributed by atoms with Crippen LogP contribution in [0.5, 0.6) is 0 Å². The molecule has 1 aromatic rings. The number of nitrogens with zero attached hydrogens (tertiary/aromatic N) is 3. The quantitative estimate of drug-likeness (QED) is 0.806. The van der Waals surface area contributed by atoms with Crippen molar-refractivity contribution in [3.63, 3.8) is 0 Å². The van der Waals surface area contributed by atoms with Crippen LogP contribution < -0.4 is 0 Å². The van der Waals surface area contributed by atoms with Gasteiger partial charge in [-0.1, -0.05) is 17.7 Å². The van der Waals surface area contributed by atoms with Gasteiger partial charge in [0, 0.05) is 42.4 Å². The second-order valence-electron chi connectivity index (χ2n) is 7.65. The van der Waals surface area contributed by atoms with Crippen LogP contribution in [0.1, 0.15) is 24.8 Å². The Bertz CT molecular complexity index is 567. The Morgan fingerprint density at radius 2 is 1.80 bits per heavy atom. The van der Waals surface area contributed by atoms with Gasteiger partial charge in [-0.15, -0.1) is 11.8 Å². The smallest absolute Gasteiger partial charge is 0.236 e. The molecule has 25 heavy (non-hydrogen) atoms. The Labute approximate surface area is 156 Å². The van der Waals surface area contributed by atoms with E-state index in [0.717, 1.165) is 39.0 Å². The number of likely N-dealkylation sites (N-methyl/N-ethyl adjacent to an activating group) is 1. The average molecular weight is 362 g/mol. The van der Waals surface area contributed by atoms with Crippen molar-refractivity contribution in [1.82, 2.24) is 14.7 Å². The van der Waals surface area contributed by atoms with Gasteiger partial charge in [-0.05, 0) is 52.4 Å². The van der Waals surface area contributed by atoms with Crippen molar-refractivity contribution >= 4 is 17.7 Å². The number of likely N-dealkylation sites (tertiary alicyclic amines) is 2. The molecule has 0 saturated carbocycles. The van der Waals surface area contributed by atoms with Gasteiger partial charge >= 0.3 is 0 Å². The van der Waals surface area contributed by atoms with Gasteiger partial charge in [0.05, 0.1) is 6.54 Å². The van der Waals surface area contributed by atoms with Crippen molar-refractivity contribution in [3.8, 4) is 0 Å².